The van der Waals surface area contributed by atoms with Gasteiger partial charge in [0.25, 0.3) is 17.8 Å². The van der Waals surface area contributed by atoms with Crippen molar-refractivity contribution in [3.8, 4) is 11.5 Å². The number of rotatable bonds is 7. The Kier molecular flexibility index (Phi) is 18.0. The molecule has 4 aliphatic rings. The van der Waals surface area contributed by atoms with Gasteiger partial charge in [0.2, 0.25) is 20.0 Å². The molecule has 360 valence electrons. The molecule has 0 unspecified atom stereocenters. The lowest BCUT2D eigenvalue weighted by molar-refractivity contribution is -0.134. The summed E-state index contributed by atoms with van der Waals surface area (Å²) in [5.74, 6) is 3.28. The van der Waals surface area contributed by atoms with E-state index in [9.17, 15) is 41.4 Å². The summed E-state index contributed by atoms with van der Waals surface area (Å²) >= 11 is 12.0. The number of ketones is 1. The van der Waals surface area contributed by atoms with Gasteiger partial charge in [0.1, 0.15) is 11.5 Å². The lowest BCUT2D eigenvalue weighted by Gasteiger charge is -2.31. The zero-order valence-corrected chi connectivity index (χ0v) is 40.1. The number of benzene rings is 4. The number of halogens is 2. The van der Waals surface area contributed by atoms with Crippen molar-refractivity contribution in [1.29, 1.82) is 0 Å². The molecule has 0 spiro atoms. The zero-order chi connectivity index (χ0) is 49.2. The van der Waals surface area contributed by atoms with Crippen LogP contribution in [0.4, 0.5) is 0 Å². The maximum Gasteiger partial charge on any atom is 0.300 e. The number of aromatic hydroxyl groups is 2. The van der Waals surface area contributed by atoms with Gasteiger partial charge in [-0.05, 0) is 105 Å². The third-order valence-electron chi connectivity index (χ3n) is 11.1. The normalized spacial score (nSPS) is 17.1. The van der Waals surface area contributed by atoms with Crippen LogP contribution in [0.25, 0.3) is 0 Å². The number of carbonyl (C=O) groups excluding carboxylic acids is 3. The number of hydrogen-bond donors (Lipinski definition) is 6. The molecule has 2 amide bonds. The monoisotopic (exact) mass is 1000 g/mol. The van der Waals surface area contributed by atoms with Crippen LogP contribution in [0.1, 0.15) is 67.5 Å². The quantitative estimate of drug-likeness (QED) is 0.0879. The minimum Gasteiger partial charge on any atom is -0.507 e. The number of sulfonamides is 2. The Hall–Kier alpha value is -5.49. The molecule has 4 aromatic carbocycles. The standard InChI is InChI=1S/C21H23ClN4O4S.C12H18N4O3S.C9H7ClO2.C2H4O2/c1-25-9-11-26(12-10-25)31(29,30)15-4-2-3-14(13-15)21(28)24-23-18-7-5-16-17(22)6-8-19(27)20(16)18;1-15-5-7-16(8-6-15)20(18,19)11-4-2-3-10(9-11)12(17)14-13;10-6-2-4-8(12)9-5(6)1-3-7(9)11;1-2(3)4/h2-4,6,8,13,27H,5,7,9-12H2,1H3,(H,24,28);2-4,9H,5-8,13H2,1H3,(H,14,17);2,4,12H,1,3H2;1H3,(H,3,4)/b23-18+;;;. The average molecular weight is 1000 g/mol. The zero-order valence-electron chi connectivity index (χ0n) is 36.9. The number of nitrogens with zero attached hydrogens (tertiary/aromatic N) is 5. The van der Waals surface area contributed by atoms with E-state index in [1.807, 2.05) is 19.5 Å². The highest BCUT2D eigenvalue weighted by atomic mass is 35.5. The maximum absolute atomic E-state index is 13.0. The van der Waals surface area contributed by atoms with Gasteiger partial charge >= 0.3 is 0 Å². The highest BCUT2D eigenvalue weighted by Gasteiger charge is 2.30. The molecule has 23 heteroatoms. The molecule has 0 aromatic heterocycles. The van der Waals surface area contributed by atoms with E-state index < -0.39 is 37.8 Å². The number of nitrogen functional groups attached to an aromatic ring is 1. The Balaban J connectivity index is 0.000000198. The summed E-state index contributed by atoms with van der Waals surface area (Å²) < 4.78 is 53.8. The predicted molar refractivity (Wildman–Crippen MR) is 252 cm³/mol. The van der Waals surface area contributed by atoms with Crippen LogP contribution in [-0.2, 0) is 37.7 Å². The van der Waals surface area contributed by atoms with E-state index in [2.05, 4.69) is 20.3 Å². The second-order valence-electron chi connectivity index (χ2n) is 15.7. The molecule has 0 radical (unpaired) electrons. The largest absolute Gasteiger partial charge is 0.507 e. The van der Waals surface area contributed by atoms with Gasteiger partial charge in [-0.15, -0.1) is 0 Å². The number of fused-ring (bicyclic) bond motifs is 2. The second-order valence-corrected chi connectivity index (χ2v) is 20.4. The number of carboxylic acids is 1. The van der Waals surface area contributed by atoms with Crippen LogP contribution >= 0.6 is 23.2 Å². The first-order valence-corrected chi connectivity index (χ1v) is 24.5. The number of hydrazone groups is 1. The number of phenols is 2. The molecule has 0 atom stereocenters. The Labute approximate surface area is 398 Å². The molecule has 2 fully saturated rings. The van der Waals surface area contributed by atoms with Gasteiger partial charge in [-0.1, -0.05) is 35.3 Å². The van der Waals surface area contributed by atoms with Crippen molar-refractivity contribution in [2.24, 2.45) is 10.9 Å². The number of piperazine rings is 2. The fraction of sp³-hybridized carbons (Fsp3) is 0.341. The molecule has 4 aromatic rings. The van der Waals surface area contributed by atoms with Gasteiger partial charge in [0.15, 0.2) is 5.78 Å². The summed E-state index contributed by atoms with van der Waals surface area (Å²) in [4.78, 5) is 48.7. The fourth-order valence-electron chi connectivity index (χ4n) is 7.40. The van der Waals surface area contributed by atoms with Gasteiger partial charge in [-0.3, -0.25) is 24.6 Å². The second kappa shape index (κ2) is 23.0. The molecular formula is C44H52Cl2N8O11S2. The van der Waals surface area contributed by atoms with E-state index in [4.69, 9.17) is 38.9 Å². The van der Waals surface area contributed by atoms with E-state index in [0.717, 1.165) is 18.1 Å². The summed E-state index contributed by atoms with van der Waals surface area (Å²) in [7, 11) is -3.34. The maximum atomic E-state index is 13.0. The smallest absolute Gasteiger partial charge is 0.300 e. The number of aliphatic carboxylic acids is 1. The SMILES string of the molecule is CC(=O)O.CN1CCN(S(=O)(=O)c2cccc(C(=O)N/N=C3\CCc4c(Cl)ccc(O)c43)c2)CC1.CN1CCN(S(=O)(=O)c2cccc(C(=O)NN)c2)CC1.O=C1CCc2c(Cl)ccc(O)c21. The first kappa shape index (κ1) is 52.5. The van der Waals surface area contributed by atoms with Gasteiger partial charge < -0.3 is 25.1 Å². The van der Waals surface area contributed by atoms with Crippen molar-refractivity contribution in [2.45, 2.75) is 42.4 Å². The highest BCUT2D eigenvalue weighted by molar-refractivity contribution is 7.89. The van der Waals surface area contributed by atoms with Gasteiger partial charge in [0.05, 0.1) is 21.1 Å². The third-order valence-corrected chi connectivity index (χ3v) is 15.6. The fourth-order valence-corrected chi connectivity index (χ4v) is 10.8. The molecule has 19 nitrogen and oxygen atoms in total. The summed E-state index contributed by atoms with van der Waals surface area (Å²) in [6.07, 6.45) is 2.27. The minimum absolute atomic E-state index is 0.00926. The van der Waals surface area contributed by atoms with E-state index in [1.165, 1.54) is 63.2 Å². The molecule has 67 heavy (non-hydrogen) atoms. The molecular weight excluding hydrogens is 952 g/mol. The molecule has 0 bridgehead atoms. The van der Waals surface area contributed by atoms with Crippen LogP contribution in [-0.4, -0.2) is 146 Å². The minimum atomic E-state index is -3.68. The predicted octanol–water partition coefficient (Wildman–Crippen LogP) is 3.55. The first-order valence-electron chi connectivity index (χ1n) is 20.8. The van der Waals surface area contributed by atoms with Crippen LogP contribution in [0.5, 0.6) is 11.5 Å². The lowest BCUT2D eigenvalue weighted by Crippen LogP contribution is -2.47. The van der Waals surface area contributed by atoms with Crippen LogP contribution in [0.15, 0.2) is 87.7 Å². The van der Waals surface area contributed by atoms with Crippen molar-refractivity contribution < 1.29 is 51.3 Å². The summed E-state index contributed by atoms with van der Waals surface area (Å²) in [6.45, 7) is 5.52. The molecule has 7 N–H and O–H groups in total. The average Bonchev–Trinajstić information content (AvgIpc) is 3.94. The summed E-state index contributed by atoms with van der Waals surface area (Å²) in [5, 5.41) is 32.2. The van der Waals surface area contributed by atoms with Crippen LogP contribution in [0, 0.1) is 0 Å². The van der Waals surface area contributed by atoms with Crippen LogP contribution in [0.3, 0.4) is 0 Å². The van der Waals surface area contributed by atoms with E-state index in [1.54, 1.807) is 18.2 Å². The number of nitrogens with two attached hydrogens (primary N) is 1. The Morgan fingerprint density at radius 2 is 1.06 bits per heavy atom. The Morgan fingerprint density at radius 3 is 1.51 bits per heavy atom. The third kappa shape index (κ3) is 13.2. The summed E-state index contributed by atoms with van der Waals surface area (Å²) in [6, 6.07) is 18.0. The van der Waals surface area contributed by atoms with E-state index in [-0.39, 0.29) is 38.2 Å². The van der Waals surface area contributed by atoms with Crippen molar-refractivity contribution in [3.63, 3.8) is 0 Å². The number of phenolic OH excluding ortho intramolecular Hbond substituents is 2. The number of amides is 2. The van der Waals surface area contributed by atoms with Crippen molar-refractivity contribution >= 4 is 72.5 Å². The Bertz CT molecular complexity index is 2760. The Morgan fingerprint density at radius 1 is 0.642 bits per heavy atom. The topological polar surface area (TPSA) is 273 Å². The molecule has 2 aliphatic heterocycles. The molecule has 2 heterocycles. The van der Waals surface area contributed by atoms with Crippen LogP contribution in [0.2, 0.25) is 10.0 Å². The molecule has 2 saturated heterocycles. The van der Waals surface area contributed by atoms with E-state index >= 15 is 0 Å². The number of hydrogen-bond acceptors (Lipinski definition) is 14. The number of carboxylic acid groups (broad SMARTS) is 1. The van der Waals surface area contributed by atoms with Crippen molar-refractivity contribution in [1.82, 2.24) is 29.3 Å². The van der Waals surface area contributed by atoms with E-state index in [0.29, 0.717) is 105 Å². The number of likely N-dealkylation sites (N-methyl/N-ethyl adjacent to an activating group) is 2. The first-order chi connectivity index (χ1) is 31.6. The molecule has 8 rings (SSSR count). The van der Waals surface area contributed by atoms with Gasteiger partial charge in [-0.2, -0.15) is 13.7 Å². The number of hydrazine groups is 1. The van der Waals surface area contributed by atoms with Crippen LogP contribution < -0.4 is 16.7 Å². The van der Waals surface area contributed by atoms with Crippen molar-refractivity contribution in [3.05, 3.63) is 116 Å². The lowest BCUT2D eigenvalue weighted by atomic mass is 10.1. The van der Waals surface area contributed by atoms with Gasteiger partial charge in [0, 0.05) is 92.4 Å². The molecule has 2 aliphatic carbocycles. The summed E-state index contributed by atoms with van der Waals surface area (Å²) in [5.41, 5.74) is 7.96. The highest BCUT2D eigenvalue weighted by Crippen LogP contribution is 2.36. The number of nitrogens with one attached hydrogen (secondary N) is 2. The van der Waals surface area contributed by atoms with Crippen molar-refractivity contribution in [2.75, 3.05) is 66.5 Å². The van der Waals surface area contributed by atoms with Gasteiger partial charge in [-0.25, -0.2) is 28.1 Å². The number of carbonyl (C=O) groups is 4. The molecule has 0 saturated carbocycles. The number of Topliss-reactive ketones (excluding diaryl/α,β-unsaturated/α-hetero) is 1.